The Labute approximate surface area is 177 Å². The lowest BCUT2D eigenvalue weighted by Gasteiger charge is -2.31. The molecule has 0 atom stereocenters. The number of nitrogens with zero attached hydrogens (tertiary/aromatic N) is 2. The Morgan fingerprint density at radius 3 is 2.45 bits per heavy atom. The zero-order chi connectivity index (χ0) is 20.2. The molecular weight excluding hydrogens is 384 g/mol. The Kier molecular flexibility index (Phi) is 6.48. The van der Waals surface area contributed by atoms with Gasteiger partial charge in [0.1, 0.15) is 0 Å². The topological polar surface area (TPSA) is 62.1 Å². The summed E-state index contributed by atoms with van der Waals surface area (Å²) in [5.41, 5.74) is 0.793. The van der Waals surface area contributed by atoms with Crippen LogP contribution >= 0.6 is 11.8 Å². The van der Waals surface area contributed by atoms with E-state index < -0.39 is 0 Å². The highest BCUT2D eigenvalue weighted by molar-refractivity contribution is 8.18. The van der Waals surface area contributed by atoms with E-state index in [0.717, 1.165) is 36.4 Å². The average molecular weight is 415 g/mol. The van der Waals surface area contributed by atoms with Crippen LogP contribution in [0.2, 0.25) is 0 Å². The summed E-state index contributed by atoms with van der Waals surface area (Å²) in [5.74, 6) is 0.574. The number of phenols is 1. The Hall–Kier alpha value is -1.95. The fourth-order valence-electron chi connectivity index (χ4n) is 4.55. The van der Waals surface area contributed by atoms with Gasteiger partial charge in [-0.3, -0.25) is 14.7 Å². The van der Waals surface area contributed by atoms with Crippen LogP contribution in [0.5, 0.6) is 11.5 Å². The van der Waals surface area contributed by atoms with Gasteiger partial charge >= 0.3 is 0 Å². The molecule has 2 aliphatic carbocycles. The van der Waals surface area contributed by atoms with Crippen molar-refractivity contribution in [1.29, 1.82) is 0 Å². The second-order valence-electron chi connectivity index (χ2n) is 8.21. The molecule has 2 saturated carbocycles. The number of carbonyl (C=O) groups is 1. The first-order valence-corrected chi connectivity index (χ1v) is 11.7. The van der Waals surface area contributed by atoms with Gasteiger partial charge in [0.15, 0.2) is 16.7 Å². The summed E-state index contributed by atoms with van der Waals surface area (Å²) in [6.07, 6.45) is 13.6. The summed E-state index contributed by atoms with van der Waals surface area (Å²) in [5, 5.41) is 11.0. The Balaban J connectivity index is 1.62. The van der Waals surface area contributed by atoms with Crippen molar-refractivity contribution in [2.75, 3.05) is 7.11 Å². The Morgan fingerprint density at radius 1 is 1.10 bits per heavy atom. The van der Waals surface area contributed by atoms with Gasteiger partial charge in [-0.05, 0) is 61.2 Å². The van der Waals surface area contributed by atoms with Crippen LogP contribution in [0.4, 0.5) is 0 Å². The number of hydrogen-bond donors (Lipinski definition) is 1. The zero-order valence-electron chi connectivity index (χ0n) is 17.1. The van der Waals surface area contributed by atoms with E-state index in [-0.39, 0.29) is 17.7 Å². The van der Waals surface area contributed by atoms with Crippen molar-refractivity contribution in [3.63, 3.8) is 0 Å². The highest BCUT2D eigenvalue weighted by atomic mass is 32.2. The Morgan fingerprint density at radius 2 is 1.79 bits per heavy atom. The van der Waals surface area contributed by atoms with Crippen molar-refractivity contribution in [3.8, 4) is 11.5 Å². The van der Waals surface area contributed by atoms with Crippen molar-refractivity contribution >= 4 is 28.9 Å². The molecule has 1 saturated heterocycles. The third-order valence-corrected chi connectivity index (χ3v) is 7.14. The van der Waals surface area contributed by atoms with Gasteiger partial charge in [-0.25, -0.2) is 0 Å². The summed E-state index contributed by atoms with van der Waals surface area (Å²) in [6, 6.07) is 5.83. The smallest absolute Gasteiger partial charge is 0.266 e. The maximum atomic E-state index is 13.3. The van der Waals surface area contributed by atoms with Crippen LogP contribution < -0.4 is 4.74 Å². The molecule has 1 aromatic rings. The van der Waals surface area contributed by atoms with E-state index in [9.17, 15) is 9.90 Å². The van der Waals surface area contributed by atoms with E-state index in [1.165, 1.54) is 57.4 Å². The molecule has 3 aliphatic rings. The van der Waals surface area contributed by atoms with E-state index in [1.807, 2.05) is 17.0 Å². The third-order valence-electron chi connectivity index (χ3n) is 6.15. The summed E-state index contributed by atoms with van der Waals surface area (Å²) < 4.78 is 5.12. The van der Waals surface area contributed by atoms with Crippen LogP contribution in [0, 0.1) is 0 Å². The first-order chi connectivity index (χ1) is 14.2. The molecule has 1 heterocycles. The second-order valence-corrected chi connectivity index (χ2v) is 9.22. The quantitative estimate of drug-likeness (QED) is 0.676. The molecule has 0 bridgehead atoms. The van der Waals surface area contributed by atoms with Crippen LogP contribution in [0.3, 0.4) is 0 Å². The monoisotopic (exact) mass is 414 g/mol. The minimum absolute atomic E-state index is 0.0618. The molecule has 0 spiro atoms. The molecule has 0 radical (unpaired) electrons. The van der Waals surface area contributed by atoms with Crippen molar-refractivity contribution in [3.05, 3.63) is 28.7 Å². The lowest BCUT2D eigenvalue weighted by atomic mass is 9.94. The number of hydrogen-bond acceptors (Lipinski definition) is 5. The maximum absolute atomic E-state index is 13.3. The van der Waals surface area contributed by atoms with Crippen molar-refractivity contribution in [2.45, 2.75) is 76.3 Å². The number of amidine groups is 1. The molecule has 1 N–H and O–H groups in total. The molecule has 4 rings (SSSR count). The normalized spacial score (nSPS) is 24.6. The SMILES string of the molecule is COc1ccc(C=C2SC(=NC3CCCCC3)N(C3CCCCC3)C2=O)cc1O. The molecular formula is C23H30N2O3S. The predicted octanol–water partition coefficient (Wildman–Crippen LogP) is 5.34. The highest BCUT2D eigenvalue weighted by Crippen LogP contribution is 2.39. The number of methoxy groups -OCH3 is 1. The number of phenolic OH excluding ortho intramolecular Hbond substituents is 1. The number of ether oxygens (including phenoxy) is 1. The average Bonchev–Trinajstić information content (AvgIpc) is 3.04. The molecule has 6 heteroatoms. The van der Waals surface area contributed by atoms with Crippen molar-refractivity contribution in [2.24, 2.45) is 4.99 Å². The fraction of sp³-hybridized carbons (Fsp3) is 0.565. The van der Waals surface area contributed by atoms with Crippen LogP contribution in [-0.4, -0.2) is 40.3 Å². The van der Waals surface area contributed by atoms with Gasteiger partial charge < -0.3 is 9.84 Å². The number of aromatic hydroxyl groups is 1. The predicted molar refractivity (Wildman–Crippen MR) is 118 cm³/mol. The number of thioether (sulfide) groups is 1. The van der Waals surface area contributed by atoms with Gasteiger partial charge in [0, 0.05) is 6.04 Å². The molecule has 1 aromatic carbocycles. The minimum atomic E-state index is 0.0618. The van der Waals surface area contributed by atoms with Gasteiger partial charge in [0.25, 0.3) is 5.91 Å². The Bertz CT molecular complexity index is 808. The van der Waals surface area contributed by atoms with Crippen LogP contribution in [-0.2, 0) is 4.79 Å². The lowest BCUT2D eigenvalue weighted by molar-refractivity contribution is -0.124. The summed E-state index contributed by atoms with van der Waals surface area (Å²) in [7, 11) is 1.53. The number of carbonyl (C=O) groups excluding carboxylic acids is 1. The van der Waals surface area contributed by atoms with Gasteiger partial charge in [-0.2, -0.15) is 0 Å². The van der Waals surface area contributed by atoms with Gasteiger partial charge in [0.2, 0.25) is 0 Å². The maximum Gasteiger partial charge on any atom is 0.266 e. The van der Waals surface area contributed by atoms with Gasteiger partial charge in [-0.1, -0.05) is 44.6 Å². The van der Waals surface area contributed by atoms with Crippen molar-refractivity contribution < 1.29 is 14.6 Å². The first-order valence-electron chi connectivity index (χ1n) is 10.8. The van der Waals surface area contributed by atoms with E-state index in [2.05, 4.69) is 0 Å². The summed E-state index contributed by atoms with van der Waals surface area (Å²) >= 11 is 1.50. The van der Waals surface area contributed by atoms with Gasteiger partial charge in [-0.15, -0.1) is 0 Å². The first kappa shape index (κ1) is 20.3. The fourth-order valence-corrected chi connectivity index (χ4v) is 5.66. The van der Waals surface area contributed by atoms with E-state index in [1.54, 1.807) is 12.1 Å². The molecule has 0 aromatic heterocycles. The summed E-state index contributed by atoms with van der Waals surface area (Å²) in [4.78, 5) is 21.1. The lowest BCUT2D eigenvalue weighted by Crippen LogP contribution is -2.41. The molecule has 3 fully saturated rings. The number of amides is 1. The van der Waals surface area contributed by atoms with E-state index in [4.69, 9.17) is 9.73 Å². The number of rotatable bonds is 4. The molecule has 1 aliphatic heterocycles. The summed E-state index contributed by atoms with van der Waals surface area (Å²) in [6.45, 7) is 0. The standard InChI is InChI=1S/C23H30N2O3S/c1-28-20-13-12-16(14-19(20)26)15-21-22(27)25(18-10-6-3-7-11-18)23(29-21)24-17-8-4-2-5-9-17/h12-15,17-18,26H,2-11H2,1H3. The molecule has 1 amide bonds. The zero-order valence-corrected chi connectivity index (χ0v) is 17.9. The molecule has 5 nitrogen and oxygen atoms in total. The highest BCUT2D eigenvalue weighted by Gasteiger charge is 2.39. The molecule has 0 unspecified atom stereocenters. The van der Waals surface area contributed by atoms with Crippen LogP contribution in [0.15, 0.2) is 28.1 Å². The number of benzene rings is 1. The van der Waals surface area contributed by atoms with E-state index in [0.29, 0.717) is 16.7 Å². The number of aliphatic imine (C=N–C) groups is 1. The third kappa shape index (κ3) is 4.63. The van der Waals surface area contributed by atoms with Crippen LogP contribution in [0.25, 0.3) is 6.08 Å². The second kappa shape index (κ2) is 9.24. The van der Waals surface area contributed by atoms with Crippen LogP contribution in [0.1, 0.15) is 69.8 Å². The van der Waals surface area contributed by atoms with E-state index >= 15 is 0 Å². The largest absolute Gasteiger partial charge is 0.504 e. The van der Waals surface area contributed by atoms with Crippen molar-refractivity contribution in [1.82, 2.24) is 4.90 Å². The molecule has 29 heavy (non-hydrogen) atoms. The van der Waals surface area contributed by atoms with Gasteiger partial charge in [0.05, 0.1) is 18.1 Å². The minimum Gasteiger partial charge on any atom is -0.504 e. The molecule has 156 valence electrons.